The van der Waals surface area contributed by atoms with E-state index in [4.69, 9.17) is 4.42 Å². The van der Waals surface area contributed by atoms with Crippen LogP contribution in [0.3, 0.4) is 0 Å². The fourth-order valence-electron chi connectivity index (χ4n) is 3.30. The summed E-state index contributed by atoms with van der Waals surface area (Å²) in [6.45, 7) is 1.02. The molecule has 29 heavy (non-hydrogen) atoms. The molecule has 0 saturated carbocycles. The predicted molar refractivity (Wildman–Crippen MR) is 107 cm³/mol. The van der Waals surface area contributed by atoms with E-state index in [2.05, 4.69) is 32.8 Å². The third kappa shape index (κ3) is 3.34. The van der Waals surface area contributed by atoms with Crippen LogP contribution in [0.1, 0.15) is 32.9 Å². The van der Waals surface area contributed by atoms with Gasteiger partial charge in [0.15, 0.2) is 0 Å². The Morgan fingerprint density at radius 3 is 2.76 bits per heavy atom. The summed E-state index contributed by atoms with van der Waals surface area (Å²) in [7, 11) is 0. The number of carbonyl (C=O) groups excluding carboxylic acids is 1. The third-order valence-corrected chi connectivity index (χ3v) is 4.81. The summed E-state index contributed by atoms with van der Waals surface area (Å²) >= 11 is 0. The number of nitrogens with one attached hydrogen (secondary N) is 1. The van der Waals surface area contributed by atoms with E-state index in [9.17, 15) is 4.79 Å². The molecule has 1 amide bonds. The molecular weight excluding hydrogens is 366 g/mol. The highest BCUT2D eigenvalue weighted by atomic mass is 16.3. The van der Waals surface area contributed by atoms with Gasteiger partial charge in [-0.1, -0.05) is 29.5 Å². The van der Waals surface area contributed by atoms with Crippen LogP contribution in [-0.2, 0) is 13.1 Å². The lowest BCUT2D eigenvalue weighted by Crippen LogP contribution is -2.22. The van der Waals surface area contributed by atoms with Gasteiger partial charge in [0.1, 0.15) is 11.5 Å². The summed E-state index contributed by atoms with van der Waals surface area (Å²) in [6.07, 6.45) is 3.44. The van der Waals surface area contributed by atoms with Crippen molar-refractivity contribution < 1.29 is 9.21 Å². The minimum absolute atomic E-state index is 0.163. The zero-order valence-electron chi connectivity index (χ0n) is 15.4. The van der Waals surface area contributed by atoms with Crippen molar-refractivity contribution >= 4 is 11.6 Å². The van der Waals surface area contributed by atoms with Crippen LogP contribution in [-0.4, -0.2) is 26.6 Å². The van der Waals surface area contributed by atoms with Crippen molar-refractivity contribution in [2.75, 3.05) is 0 Å². The molecule has 0 aliphatic carbocycles. The van der Waals surface area contributed by atoms with Gasteiger partial charge in [0, 0.05) is 11.1 Å². The Balaban J connectivity index is 1.31. The standard InChI is InChI=1S/C22H17N5O2/c28-22(24-13-18-5-3-11-29-18)15-7-9-17(10-8-15)27-14-20(25-26-27)21-19-6-2-1-4-16(19)12-23-21/h1-11,14H,12-13H2,(H,24,28). The van der Waals surface area contributed by atoms with Gasteiger partial charge in [0.2, 0.25) is 0 Å². The summed E-state index contributed by atoms with van der Waals surface area (Å²) < 4.78 is 6.90. The van der Waals surface area contributed by atoms with Gasteiger partial charge < -0.3 is 9.73 Å². The maximum Gasteiger partial charge on any atom is 0.251 e. The molecule has 1 aliphatic rings. The quantitative estimate of drug-likeness (QED) is 0.574. The summed E-state index contributed by atoms with van der Waals surface area (Å²) in [6, 6.07) is 18.9. The molecule has 0 spiro atoms. The number of nitrogens with zero attached hydrogens (tertiary/aromatic N) is 4. The fraction of sp³-hybridized carbons (Fsp3) is 0.0909. The Bertz CT molecular complexity index is 1190. The second-order valence-corrected chi connectivity index (χ2v) is 6.68. The van der Waals surface area contributed by atoms with Crippen LogP contribution in [0.2, 0.25) is 0 Å². The number of furan rings is 1. The Labute approximate surface area is 166 Å². The minimum atomic E-state index is -0.163. The van der Waals surface area contributed by atoms with Crippen molar-refractivity contribution in [3.63, 3.8) is 0 Å². The SMILES string of the molecule is O=C(NCc1ccco1)c1ccc(-n2cc(C3=NCc4ccccc43)nn2)cc1. The smallest absolute Gasteiger partial charge is 0.251 e. The van der Waals surface area contributed by atoms with Crippen LogP contribution in [0.15, 0.2) is 82.5 Å². The Morgan fingerprint density at radius 2 is 1.93 bits per heavy atom. The first kappa shape index (κ1) is 17.1. The highest BCUT2D eigenvalue weighted by Gasteiger charge is 2.19. The van der Waals surface area contributed by atoms with Gasteiger partial charge in [-0.25, -0.2) is 4.68 Å². The van der Waals surface area contributed by atoms with Crippen LogP contribution in [0, 0.1) is 0 Å². The highest BCUT2D eigenvalue weighted by molar-refractivity contribution is 6.13. The first-order valence-electron chi connectivity index (χ1n) is 9.24. The van der Waals surface area contributed by atoms with Gasteiger partial charge in [0.25, 0.3) is 5.91 Å². The Kier molecular flexibility index (Phi) is 4.25. The molecule has 7 nitrogen and oxygen atoms in total. The minimum Gasteiger partial charge on any atom is -0.467 e. The van der Waals surface area contributed by atoms with Gasteiger partial charge in [0.05, 0.1) is 36.9 Å². The zero-order valence-corrected chi connectivity index (χ0v) is 15.4. The lowest BCUT2D eigenvalue weighted by atomic mass is 10.0. The van der Waals surface area contributed by atoms with Crippen LogP contribution in [0.4, 0.5) is 0 Å². The molecule has 0 saturated heterocycles. The molecule has 0 atom stereocenters. The Hall–Kier alpha value is -4.00. The molecule has 1 N–H and O–H groups in total. The van der Waals surface area contributed by atoms with Gasteiger partial charge in [-0.05, 0) is 42.0 Å². The van der Waals surface area contributed by atoms with E-state index in [1.807, 2.05) is 36.5 Å². The number of carbonyl (C=O) groups is 1. The molecule has 7 heteroatoms. The summed E-state index contributed by atoms with van der Waals surface area (Å²) in [5.41, 5.74) is 5.27. The van der Waals surface area contributed by atoms with Crippen LogP contribution in [0.25, 0.3) is 5.69 Å². The van der Waals surface area contributed by atoms with E-state index in [1.165, 1.54) is 5.56 Å². The maximum atomic E-state index is 12.3. The van der Waals surface area contributed by atoms with Crippen LogP contribution in [0.5, 0.6) is 0 Å². The average molecular weight is 383 g/mol. The molecule has 4 aromatic rings. The first-order valence-corrected chi connectivity index (χ1v) is 9.24. The number of aliphatic imine (C=N–C) groups is 1. The van der Waals surface area contributed by atoms with Gasteiger partial charge in [-0.3, -0.25) is 9.79 Å². The summed E-state index contributed by atoms with van der Waals surface area (Å²) in [5.74, 6) is 0.547. The second kappa shape index (κ2) is 7.20. The van der Waals surface area contributed by atoms with Crippen molar-refractivity contribution in [3.8, 4) is 5.69 Å². The van der Waals surface area contributed by atoms with E-state index in [1.54, 1.807) is 29.1 Å². The monoisotopic (exact) mass is 383 g/mol. The average Bonchev–Trinajstić information content (AvgIpc) is 3.52. The highest BCUT2D eigenvalue weighted by Crippen LogP contribution is 2.22. The lowest BCUT2D eigenvalue weighted by Gasteiger charge is -2.05. The second-order valence-electron chi connectivity index (χ2n) is 6.68. The van der Waals surface area contributed by atoms with Crippen molar-refractivity contribution in [1.29, 1.82) is 0 Å². The number of fused-ring (bicyclic) bond motifs is 1. The maximum absolute atomic E-state index is 12.3. The van der Waals surface area contributed by atoms with E-state index < -0.39 is 0 Å². The number of rotatable bonds is 5. The largest absolute Gasteiger partial charge is 0.467 e. The number of amides is 1. The number of aromatic nitrogens is 3. The van der Waals surface area contributed by atoms with Crippen LogP contribution >= 0.6 is 0 Å². The molecule has 142 valence electrons. The lowest BCUT2D eigenvalue weighted by molar-refractivity contribution is 0.0948. The first-order chi connectivity index (χ1) is 14.3. The molecule has 1 aliphatic heterocycles. The molecule has 0 radical (unpaired) electrons. The van der Waals surface area contributed by atoms with Crippen molar-refractivity contribution in [2.45, 2.75) is 13.1 Å². The van der Waals surface area contributed by atoms with E-state index in [0.717, 1.165) is 22.7 Å². The normalized spacial score (nSPS) is 12.5. The molecule has 2 aromatic heterocycles. The molecule has 2 aromatic carbocycles. The van der Waals surface area contributed by atoms with Crippen molar-refractivity contribution in [1.82, 2.24) is 20.3 Å². The third-order valence-electron chi connectivity index (χ3n) is 4.81. The van der Waals surface area contributed by atoms with Gasteiger partial charge in [-0.15, -0.1) is 5.10 Å². The molecular formula is C22H17N5O2. The van der Waals surface area contributed by atoms with Crippen molar-refractivity contribution in [3.05, 3.63) is 101 Å². The zero-order chi connectivity index (χ0) is 19.6. The molecule has 0 bridgehead atoms. The molecule has 0 fully saturated rings. The summed E-state index contributed by atoms with van der Waals surface area (Å²) in [5, 5.41) is 11.3. The topological polar surface area (TPSA) is 85.3 Å². The molecule has 3 heterocycles. The summed E-state index contributed by atoms with van der Waals surface area (Å²) in [4.78, 5) is 16.9. The number of benzene rings is 2. The number of hydrogen-bond donors (Lipinski definition) is 1. The van der Waals surface area contributed by atoms with Gasteiger partial charge >= 0.3 is 0 Å². The van der Waals surface area contributed by atoms with E-state index >= 15 is 0 Å². The van der Waals surface area contributed by atoms with E-state index in [0.29, 0.717) is 24.4 Å². The van der Waals surface area contributed by atoms with Crippen molar-refractivity contribution in [2.24, 2.45) is 4.99 Å². The fourth-order valence-corrected chi connectivity index (χ4v) is 3.30. The van der Waals surface area contributed by atoms with Crippen LogP contribution < -0.4 is 5.32 Å². The van der Waals surface area contributed by atoms with E-state index in [-0.39, 0.29) is 5.91 Å². The van der Waals surface area contributed by atoms with Gasteiger partial charge in [-0.2, -0.15) is 0 Å². The Morgan fingerprint density at radius 1 is 1.07 bits per heavy atom. The predicted octanol–water partition coefficient (Wildman–Crippen LogP) is 3.14. The molecule has 0 unspecified atom stereocenters. The molecule has 5 rings (SSSR count). The number of hydrogen-bond acceptors (Lipinski definition) is 5.